The highest BCUT2D eigenvalue weighted by Crippen LogP contribution is 2.39. The molecule has 0 bridgehead atoms. The molecule has 3 rings (SSSR count). The molecule has 2 N–H and O–H groups in total. The SMILES string of the molecule is NC(c1cc(F)cc(Br)c1)c1cc2c(cc1Br)OCCO2. The Hall–Kier alpha value is -1.11. The fraction of sp³-hybridized carbons (Fsp3) is 0.200. The monoisotopic (exact) mass is 415 g/mol. The maximum absolute atomic E-state index is 13.5. The van der Waals surface area contributed by atoms with Crippen molar-refractivity contribution in [2.45, 2.75) is 6.04 Å². The van der Waals surface area contributed by atoms with Gasteiger partial charge in [-0.1, -0.05) is 31.9 Å². The Bertz CT molecular complexity index is 673. The van der Waals surface area contributed by atoms with E-state index in [1.165, 1.54) is 12.1 Å². The molecule has 0 aliphatic carbocycles. The van der Waals surface area contributed by atoms with Gasteiger partial charge < -0.3 is 15.2 Å². The molecule has 1 atom stereocenters. The lowest BCUT2D eigenvalue weighted by molar-refractivity contribution is 0.171. The van der Waals surface area contributed by atoms with Gasteiger partial charge in [-0.15, -0.1) is 0 Å². The lowest BCUT2D eigenvalue weighted by Gasteiger charge is -2.22. The van der Waals surface area contributed by atoms with Crippen LogP contribution in [0.25, 0.3) is 0 Å². The predicted molar refractivity (Wildman–Crippen MR) is 85.3 cm³/mol. The number of fused-ring (bicyclic) bond motifs is 1. The van der Waals surface area contributed by atoms with Crippen LogP contribution in [0.1, 0.15) is 17.2 Å². The zero-order chi connectivity index (χ0) is 15.0. The highest BCUT2D eigenvalue weighted by Gasteiger charge is 2.20. The molecule has 1 aliphatic rings. The van der Waals surface area contributed by atoms with Crippen molar-refractivity contribution < 1.29 is 13.9 Å². The minimum Gasteiger partial charge on any atom is -0.486 e. The summed E-state index contributed by atoms with van der Waals surface area (Å²) >= 11 is 6.77. The molecule has 0 fully saturated rings. The summed E-state index contributed by atoms with van der Waals surface area (Å²) in [6, 6.07) is 7.83. The highest BCUT2D eigenvalue weighted by atomic mass is 79.9. The van der Waals surface area contributed by atoms with Gasteiger partial charge in [-0.05, 0) is 41.5 Å². The number of hydrogen-bond donors (Lipinski definition) is 1. The third-order valence-electron chi connectivity index (χ3n) is 3.24. The standard InChI is InChI=1S/C15H12Br2FNO2/c16-9-3-8(4-10(18)5-9)15(19)11-6-13-14(7-12(11)17)21-2-1-20-13/h3-7,15H,1-2,19H2. The molecule has 6 heteroatoms. The van der Waals surface area contributed by atoms with Gasteiger partial charge in [0.05, 0.1) is 6.04 Å². The molecule has 110 valence electrons. The van der Waals surface area contributed by atoms with E-state index < -0.39 is 6.04 Å². The van der Waals surface area contributed by atoms with E-state index in [1.54, 1.807) is 6.07 Å². The number of nitrogens with two attached hydrogens (primary N) is 1. The van der Waals surface area contributed by atoms with Crippen molar-refractivity contribution in [3.8, 4) is 11.5 Å². The zero-order valence-corrected chi connectivity index (χ0v) is 14.1. The summed E-state index contributed by atoms with van der Waals surface area (Å²) in [6.45, 7) is 1.04. The van der Waals surface area contributed by atoms with Crippen molar-refractivity contribution >= 4 is 31.9 Å². The van der Waals surface area contributed by atoms with Crippen molar-refractivity contribution in [2.24, 2.45) is 5.73 Å². The lowest BCUT2D eigenvalue weighted by atomic mass is 9.99. The van der Waals surface area contributed by atoms with Crippen LogP contribution < -0.4 is 15.2 Å². The Kier molecular flexibility index (Phi) is 4.19. The number of halogens is 3. The maximum Gasteiger partial charge on any atom is 0.162 e. The topological polar surface area (TPSA) is 44.5 Å². The average Bonchev–Trinajstić information content (AvgIpc) is 2.44. The molecule has 0 saturated heterocycles. The number of ether oxygens (including phenoxy) is 2. The van der Waals surface area contributed by atoms with Crippen molar-refractivity contribution in [3.63, 3.8) is 0 Å². The van der Waals surface area contributed by atoms with Crippen LogP contribution >= 0.6 is 31.9 Å². The van der Waals surface area contributed by atoms with Crippen LogP contribution in [0.15, 0.2) is 39.3 Å². The highest BCUT2D eigenvalue weighted by molar-refractivity contribution is 9.10. The van der Waals surface area contributed by atoms with E-state index in [1.807, 2.05) is 12.1 Å². The van der Waals surface area contributed by atoms with E-state index in [4.69, 9.17) is 15.2 Å². The molecular weight excluding hydrogens is 405 g/mol. The summed E-state index contributed by atoms with van der Waals surface area (Å²) in [5.41, 5.74) is 7.77. The van der Waals surface area contributed by atoms with Gasteiger partial charge in [0.15, 0.2) is 11.5 Å². The molecular formula is C15H12Br2FNO2. The van der Waals surface area contributed by atoms with Crippen LogP contribution in [0.5, 0.6) is 11.5 Å². The Morgan fingerprint density at radius 3 is 2.33 bits per heavy atom. The third-order valence-corrected chi connectivity index (χ3v) is 4.39. The molecule has 0 saturated carbocycles. The Balaban J connectivity index is 2.02. The summed E-state index contributed by atoms with van der Waals surface area (Å²) in [4.78, 5) is 0. The molecule has 0 radical (unpaired) electrons. The summed E-state index contributed by atoms with van der Waals surface area (Å²) in [6.07, 6.45) is 0. The molecule has 3 nitrogen and oxygen atoms in total. The average molecular weight is 417 g/mol. The van der Waals surface area contributed by atoms with Crippen molar-refractivity contribution in [1.82, 2.24) is 0 Å². The second kappa shape index (κ2) is 5.94. The first-order valence-electron chi connectivity index (χ1n) is 6.35. The van der Waals surface area contributed by atoms with E-state index in [0.717, 1.165) is 10.0 Å². The quantitative estimate of drug-likeness (QED) is 0.798. The molecule has 21 heavy (non-hydrogen) atoms. The van der Waals surface area contributed by atoms with Crippen LogP contribution in [0, 0.1) is 5.82 Å². The van der Waals surface area contributed by atoms with Crippen LogP contribution in [0.3, 0.4) is 0 Å². The Morgan fingerprint density at radius 2 is 1.67 bits per heavy atom. The van der Waals surface area contributed by atoms with E-state index in [2.05, 4.69) is 31.9 Å². The summed E-state index contributed by atoms with van der Waals surface area (Å²) in [5, 5.41) is 0. The number of rotatable bonds is 2. The van der Waals surface area contributed by atoms with Gasteiger partial charge in [-0.3, -0.25) is 0 Å². The van der Waals surface area contributed by atoms with Gasteiger partial charge >= 0.3 is 0 Å². The van der Waals surface area contributed by atoms with Crippen LogP contribution in [0.2, 0.25) is 0 Å². The molecule has 0 aromatic heterocycles. The number of hydrogen-bond acceptors (Lipinski definition) is 3. The normalized spacial score (nSPS) is 14.9. The minimum absolute atomic E-state index is 0.330. The van der Waals surface area contributed by atoms with Crippen molar-refractivity contribution in [2.75, 3.05) is 13.2 Å². The van der Waals surface area contributed by atoms with Crippen LogP contribution in [-0.2, 0) is 0 Å². The molecule has 1 unspecified atom stereocenters. The molecule has 0 spiro atoms. The maximum atomic E-state index is 13.5. The molecule has 0 amide bonds. The second-order valence-corrected chi connectivity index (χ2v) is 6.47. The summed E-state index contributed by atoms with van der Waals surface area (Å²) in [5.74, 6) is 1.01. The fourth-order valence-corrected chi connectivity index (χ4v) is 3.30. The van der Waals surface area contributed by atoms with Crippen LogP contribution in [0.4, 0.5) is 4.39 Å². The Morgan fingerprint density at radius 1 is 1.00 bits per heavy atom. The van der Waals surface area contributed by atoms with E-state index in [9.17, 15) is 4.39 Å². The van der Waals surface area contributed by atoms with Crippen molar-refractivity contribution in [3.05, 3.63) is 56.2 Å². The van der Waals surface area contributed by atoms with Gasteiger partial charge in [-0.25, -0.2) is 4.39 Å². The van der Waals surface area contributed by atoms with E-state index in [-0.39, 0.29) is 5.82 Å². The van der Waals surface area contributed by atoms with E-state index in [0.29, 0.717) is 34.7 Å². The van der Waals surface area contributed by atoms with Gasteiger partial charge in [0.25, 0.3) is 0 Å². The van der Waals surface area contributed by atoms with Gasteiger partial charge in [0.1, 0.15) is 19.0 Å². The predicted octanol–water partition coefficient (Wildman–Crippen LogP) is 4.17. The minimum atomic E-state index is -0.470. The molecule has 1 heterocycles. The Labute approximate surface area is 138 Å². The first-order chi connectivity index (χ1) is 10.0. The zero-order valence-electron chi connectivity index (χ0n) is 10.9. The fourth-order valence-electron chi connectivity index (χ4n) is 2.25. The van der Waals surface area contributed by atoms with Gasteiger partial charge in [0.2, 0.25) is 0 Å². The molecule has 2 aromatic carbocycles. The van der Waals surface area contributed by atoms with Crippen molar-refractivity contribution in [1.29, 1.82) is 0 Å². The lowest BCUT2D eigenvalue weighted by Crippen LogP contribution is -2.17. The van der Waals surface area contributed by atoms with Crippen LogP contribution in [-0.4, -0.2) is 13.2 Å². The largest absolute Gasteiger partial charge is 0.486 e. The third kappa shape index (κ3) is 3.07. The van der Waals surface area contributed by atoms with E-state index >= 15 is 0 Å². The molecule has 2 aromatic rings. The van der Waals surface area contributed by atoms with Gasteiger partial charge in [-0.2, -0.15) is 0 Å². The first kappa shape index (κ1) is 14.8. The summed E-state index contributed by atoms with van der Waals surface area (Å²) < 4.78 is 26.1. The summed E-state index contributed by atoms with van der Waals surface area (Å²) in [7, 11) is 0. The smallest absolute Gasteiger partial charge is 0.162 e. The van der Waals surface area contributed by atoms with Gasteiger partial charge in [0, 0.05) is 8.95 Å². The second-order valence-electron chi connectivity index (χ2n) is 4.70. The number of benzene rings is 2. The molecule has 1 aliphatic heterocycles. The first-order valence-corrected chi connectivity index (χ1v) is 7.94.